The van der Waals surface area contributed by atoms with E-state index in [0.717, 1.165) is 27.9 Å². The summed E-state index contributed by atoms with van der Waals surface area (Å²) < 4.78 is 16.5. The highest BCUT2D eigenvalue weighted by Gasteiger charge is 2.36. The number of hydrogen-bond acceptors (Lipinski definition) is 3. The van der Waals surface area contributed by atoms with Gasteiger partial charge in [0.15, 0.2) is 0 Å². The van der Waals surface area contributed by atoms with Crippen LogP contribution in [0, 0.1) is 19.7 Å². The van der Waals surface area contributed by atoms with Crippen molar-refractivity contribution in [3.8, 4) is 0 Å². The van der Waals surface area contributed by atoms with Gasteiger partial charge in [0.05, 0.1) is 11.4 Å². The predicted octanol–water partition coefficient (Wildman–Crippen LogP) is 6.64. The third kappa shape index (κ3) is 3.95. The fourth-order valence-electron chi connectivity index (χ4n) is 4.47. The molecule has 0 atom stereocenters. The molecule has 2 fully saturated rings. The second-order valence-electron chi connectivity index (χ2n) is 7.96. The quantitative estimate of drug-likeness (QED) is 0.494. The Kier molecular flexibility index (Phi) is 6.07. The van der Waals surface area contributed by atoms with Gasteiger partial charge >= 0.3 is 0 Å². The van der Waals surface area contributed by atoms with E-state index in [2.05, 4.69) is 24.5 Å². The molecule has 0 radical (unpaired) electrons. The van der Waals surface area contributed by atoms with Crippen molar-refractivity contribution in [3.05, 3.63) is 62.5 Å². The minimum Gasteiger partial charge on any atom is -0.346 e. The lowest BCUT2D eigenvalue weighted by Gasteiger charge is -2.26. The lowest BCUT2D eigenvalue weighted by molar-refractivity contribution is -0.123. The number of benzene rings is 1. The number of hydrogen-bond donors (Lipinski definition) is 0. The second kappa shape index (κ2) is 8.60. The molecular formula is C23H24ClFN2O2S. The zero-order valence-electron chi connectivity index (χ0n) is 17.1. The Labute approximate surface area is 185 Å². The molecule has 0 bridgehead atoms. The Morgan fingerprint density at radius 1 is 1.20 bits per heavy atom. The van der Waals surface area contributed by atoms with Gasteiger partial charge in [0.1, 0.15) is 5.82 Å². The maximum atomic E-state index is 14.1. The van der Waals surface area contributed by atoms with Crippen LogP contribution in [-0.2, 0) is 11.3 Å². The van der Waals surface area contributed by atoms with Crippen molar-refractivity contribution in [1.29, 1.82) is 0 Å². The molecule has 1 aromatic carbocycles. The number of nitrogens with zero attached hydrogens (tertiary/aromatic N) is 2. The van der Waals surface area contributed by atoms with E-state index in [-0.39, 0.29) is 17.1 Å². The summed E-state index contributed by atoms with van der Waals surface area (Å²) >= 11 is 6.96. The number of amides is 2. The molecule has 1 aromatic heterocycles. The van der Waals surface area contributed by atoms with Crippen molar-refractivity contribution in [2.75, 3.05) is 0 Å². The molecule has 1 aliphatic carbocycles. The standard InChI is InChI=1S/C23H24ClFN2O2S/c1-14-11-16(15(2)27(14)17-7-4-3-5-8-17)12-21-22(28)26(23(29)30-21)13-18-19(24)9-6-10-20(18)25/h6,9-12,17H,3-5,7-8,13H2,1-2H3/b21-12-. The number of carbonyl (C=O) groups is 2. The van der Waals surface area contributed by atoms with Crippen LogP contribution in [0.2, 0.25) is 5.02 Å². The lowest BCUT2D eigenvalue weighted by Crippen LogP contribution is -2.28. The average Bonchev–Trinajstić information content (AvgIpc) is 3.14. The molecule has 4 rings (SSSR count). The molecule has 1 saturated carbocycles. The molecule has 158 valence electrons. The number of rotatable bonds is 4. The molecule has 0 N–H and O–H groups in total. The van der Waals surface area contributed by atoms with Gasteiger partial charge < -0.3 is 4.57 Å². The van der Waals surface area contributed by atoms with Gasteiger partial charge in [0, 0.05) is 28.0 Å². The molecule has 2 aromatic rings. The summed E-state index contributed by atoms with van der Waals surface area (Å²) in [5, 5.41) is -0.208. The molecule has 30 heavy (non-hydrogen) atoms. The third-order valence-electron chi connectivity index (χ3n) is 6.00. The number of aryl methyl sites for hydroxylation is 1. The molecule has 1 aliphatic heterocycles. The molecule has 4 nitrogen and oxygen atoms in total. The topological polar surface area (TPSA) is 42.3 Å². The normalized spacial score (nSPS) is 19.3. The zero-order valence-corrected chi connectivity index (χ0v) is 18.7. The average molecular weight is 447 g/mol. The van der Waals surface area contributed by atoms with Crippen LogP contribution < -0.4 is 0 Å². The Hall–Kier alpha value is -2.05. The number of carbonyl (C=O) groups excluding carboxylic acids is 2. The number of imide groups is 1. The first kappa shape index (κ1) is 21.2. The van der Waals surface area contributed by atoms with E-state index in [0.29, 0.717) is 10.9 Å². The van der Waals surface area contributed by atoms with Gasteiger partial charge in [-0.15, -0.1) is 0 Å². The van der Waals surface area contributed by atoms with E-state index in [4.69, 9.17) is 11.6 Å². The summed E-state index contributed by atoms with van der Waals surface area (Å²) in [5.41, 5.74) is 3.39. The van der Waals surface area contributed by atoms with Gasteiger partial charge in [0.25, 0.3) is 11.1 Å². The summed E-state index contributed by atoms with van der Waals surface area (Å²) in [6.07, 6.45) is 7.92. The molecule has 1 saturated heterocycles. The highest BCUT2D eigenvalue weighted by atomic mass is 35.5. The van der Waals surface area contributed by atoms with E-state index in [1.165, 1.54) is 49.9 Å². The molecule has 7 heteroatoms. The van der Waals surface area contributed by atoms with Crippen LogP contribution in [0.25, 0.3) is 6.08 Å². The second-order valence-corrected chi connectivity index (χ2v) is 9.36. The smallest absolute Gasteiger partial charge is 0.293 e. The maximum Gasteiger partial charge on any atom is 0.293 e. The summed E-state index contributed by atoms with van der Waals surface area (Å²) in [5.74, 6) is -0.937. The van der Waals surface area contributed by atoms with Crippen LogP contribution >= 0.6 is 23.4 Å². The Balaban J connectivity index is 1.59. The third-order valence-corrected chi connectivity index (χ3v) is 7.26. The first-order chi connectivity index (χ1) is 14.4. The van der Waals surface area contributed by atoms with Crippen molar-refractivity contribution < 1.29 is 14.0 Å². The largest absolute Gasteiger partial charge is 0.346 e. The number of halogens is 2. The van der Waals surface area contributed by atoms with Crippen LogP contribution in [-0.4, -0.2) is 20.6 Å². The molecule has 0 spiro atoms. The molecule has 2 amide bonds. The van der Waals surface area contributed by atoms with Crippen molar-refractivity contribution in [1.82, 2.24) is 9.47 Å². The van der Waals surface area contributed by atoms with E-state index < -0.39 is 17.0 Å². The van der Waals surface area contributed by atoms with Crippen LogP contribution in [0.15, 0.2) is 29.2 Å². The highest BCUT2D eigenvalue weighted by molar-refractivity contribution is 8.18. The first-order valence-electron chi connectivity index (χ1n) is 10.2. The summed E-state index contributed by atoms with van der Waals surface area (Å²) in [7, 11) is 0. The van der Waals surface area contributed by atoms with Crippen LogP contribution in [0.1, 0.15) is 60.7 Å². The SMILES string of the molecule is Cc1cc(/C=C2\SC(=O)N(Cc3c(F)cccc3Cl)C2=O)c(C)n1C1CCCCC1. The fraction of sp³-hybridized carbons (Fsp3) is 0.391. The Morgan fingerprint density at radius 2 is 1.93 bits per heavy atom. The van der Waals surface area contributed by atoms with E-state index in [9.17, 15) is 14.0 Å². The zero-order chi connectivity index (χ0) is 21.4. The minimum atomic E-state index is -0.526. The highest BCUT2D eigenvalue weighted by Crippen LogP contribution is 2.37. The van der Waals surface area contributed by atoms with Crippen molar-refractivity contribution in [3.63, 3.8) is 0 Å². The van der Waals surface area contributed by atoms with Crippen LogP contribution in [0.4, 0.5) is 9.18 Å². The van der Waals surface area contributed by atoms with Gasteiger partial charge in [-0.2, -0.15) is 0 Å². The number of aromatic nitrogens is 1. The van der Waals surface area contributed by atoms with Crippen molar-refractivity contribution in [2.24, 2.45) is 0 Å². The molecule has 2 aliphatic rings. The number of thioether (sulfide) groups is 1. The Bertz CT molecular complexity index is 1020. The van der Waals surface area contributed by atoms with Gasteiger partial charge in [-0.25, -0.2) is 4.39 Å². The van der Waals surface area contributed by atoms with Gasteiger partial charge in [0.2, 0.25) is 0 Å². The molecular weight excluding hydrogens is 423 g/mol. The van der Waals surface area contributed by atoms with E-state index in [1.54, 1.807) is 12.1 Å². The minimum absolute atomic E-state index is 0.151. The fourth-order valence-corrected chi connectivity index (χ4v) is 5.52. The Morgan fingerprint density at radius 3 is 2.63 bits per heavy atom. The van der Waals surface area contributed by atoms with E-state index in [1.807, 2.05) is 0 Å². The summed E-state index contributed by atoms with van der Waals surface area (Å²) in [6.45, 7) is 3.98. The van der Waals surface area contributed by atoms with Crippen LogP contribution in [0.3, 0.4) is 0 Å². The van der Waals surface area contributed by atoms with Crippen molar-refractivity contribution in [2.45, 2.75) is 58.5 Å². The first-order valence-corrected chi connectivity index (χ1v) is 11.4. The molecule has 0 unspecified atom stereocenters. The van der Waals surface area contributed by atoms with Gasteiger partial charge in [-0.1, -0.05) is 36.9 Å². The van der Waals surface area contributed by atoms with Gasteiger partial charge in [-0.3, -0.25) is 14.5 Å². The van der Waals surface area contributed by atoms with Crippen LogP contribution in [0.5, 0.6) is 0 Å². The molecule has 2 heterocycles. The summed E-state index contributed by atoms with van der Waals surface area (Å²) in [6, 6.07) is 6.90. The monoisotopic (exact) mass is 446 g/mol. The van der Waals surface area contributed by atoms with Gasteiger partial charge in [-0.05, 0) is 68.3 Å². The maximum absolute atomic E-state index is 14.1. The predicted molar refractivity (Wildman–Crippen MR) is 119 cm³/mol. The summed E-state index contributed by atoms with van der Waals surface area (Å²) in [4.78, 5) is 26.8. The van der Waals surface area contributed by atoms with E-state index >= 15 is 0 Å². The van der Waals surface area contributed by atoms with Crippen molar-refractivity contribution >= 4 is 40.6 Å². The lowest BCUT2D eigenvalue weighted by atomic mass is 9.95.